The summed E-state index contributed by atoms with van der Waals surface area (Å²) in [6.45, 7) is 2.50. The molecule has 1 amide bonds. The molecule has 5 heteroatoms. The number of nitrogens with one attached hydrogen (secondary N) is 1. The summed E-state index contributed by atoms with van der Waals surface area (Å²) < 4.78 is 5.82. The van der Waals surface area contributed by atoms with E-state index in [9.17, 15) is 4.79 Å². The lowest BCUT2D eigenvalue weighted by Gasteiger charge is -2.16. The van der Waals surface area contributed by atoms with Crippen molar-refractivity contribution in [2.45, 2.75) is 19.4 Å². The molecule has 1 atom stereocenters. The fraction of sp³-hybridized carbons (Fsp3) is 0.417. The van der Waals surface area contributed by atoms with Crippen molar-refractivity contribution in [2.24, 2.45) is 0 Å². The molecule has 0 aliphatic rings. The minimum Gasteiger partial charge on any atom is -0.399 e. The van der Waals surface area contributed by atoms with E-state index in [0.717, 1.165) is 10.9 Å². The molecule has 0 radical (unpaired) electrons. The summed E-state index contributed by atoms with van der Waals surface area (Å²) in [4.78, 5) is 12.0. The molecule has 0 spiro atoms. The average Bonchev–Trinajstić information content (AvgIpc) is 2.27. The molecule has 0 aliphatic heterocycles. The maximum Gasteiger partial charge on any atom is 0.251 e. The minimum atomic E-state index is -0.137. The van der Waals surface area contributed by atoms with Gasteiger partial charge in [0.05, 0.1) is 12.6 Å². The maximum atomic E-state index is 12.0. The van der Waals surface area contributed by atoms with E-state index in [1.807, 2.05) is 6.92 Å². The lowest BCUT2D eigenvalue weighted by molar-refractivity contribution is 0.0894. The van der Waals surface area contributed by atoms with Gasteiger partial charge >= 0.3 is 0 Å². The monoisotopic (exact) mass is 300 g/mol. The van der Waals surface area contributed by atoms with Crippen molar-refractivity contribution in [3.05, 3.63) is 28.2 Å². The normalized spacial score (nSPS) is 12.2. The van der Waals surface area contributed by atoms with Crippen LogP contribution in [0.2, 0.25) is 0 Å². The van der Waals surface area contributed by atoms with Crippen molar-refractivity contribution in [3.63, 3.8) is 0 Å². The molecule has 0 bridgehead atoms. The van der Waals surface area contributed by atoms with Crippen molar-refractivity contribution in [1.82, 2.24) is 5.32 Å². The van der Waals surface area contributed by atoms with Gasteiger partial charge in [0.25, 0.3) is 5.91 Å². The van der Waals surface area contributed by atoms with Crippen LogP contribution in [0.4, 0.5) is 5.69 Å². The first-order valence-corrected chi connectivity index (χ1v) is 6.22. The van der Waals surface area contributed by atoms with Crippen LogP contribution in [0.3, 0.4) is 0 Å². The third-order valence-corrected chi connectivity index (χ3v) is 2.84. The molecule has 1 unspecified atom stereocenters. The predicted octanol–water partition coefficient (Wildman–Crippen LogP) is 2.19. The average molecular weight is 301 g/mol. The third kappa shape index (κ3) is 4.36. The van der Waals surface area contributed by atoms with E-state index < -0.39 is 0 Å². The van der Waals surface area contributed by atoms with E-state index in [1.54, 1.807) is 25.3 Å². The zero-order valence-corrected chi connectivity index (χ0v) is 11.6. The molecule has 0 aromatic heterocycles. The number of carbonyl (C=O) groups is 1. The molecule has 0 fully saturated rings. The first-order valence-electron chi connectivity index (χ1n) is 5.42. The van der Waals surface area contributed by atoms with Gasteiger partial charge in [-0.1, -0.05) is 22.9 Å². The van der Waals surface area contributed by atoms with Gasteiger partial charge in [0.1, 0.15) is 0 Å². The molecule has 0 saturated heterocycles. The van der Waals surface area contributed by atoms with Crippen molar-refractivity contribution < 1.29 is 9.53 Å². The Kier molecular flexibility index (Phi) is 5.44. The van der Waals surface area contributed by atoms with Crippen LogP contribution in [-0.2, 0) is 4.74 Å². The summed E-state index contributed by atoms with van der Waals surface area (Å²) in [5.74, 6) is -0.137. The Morgan fingerprint density at radius 1 is 1.53 bits per heavy atom. The number of anilines is 1. The molecule has 1 aromatic carbocycles. The molecule has 0 aliphatic carbocycles. The highest BCUT2D eigenvalue weighted by molar-refractivity contribution is 9.10. The second-order valence-corrected chi connectivity index (χ2v) is 4.72. The van der Waals surface area contributed by atoms with E-state index in [4.69, 9.17) is 10.5 Å². The number of amides is 1. The Balaban J connectivity index is 2.75. The Morgan fingerprint density at radius 3 is 2.76 bits per heavy atom. The number of ether oxygens (including phenoxy) is 1. The smallest absolute Gasteiger partial charge is 0.251 e. The largest absolute Gasteiger partial charge is 0.399 e. The number of halogens is 1. The molecule has 0 heterocycles. The fourth-order valence-electron chi connectivity index (χ4n) is 1.47. The van der Waals surface area contributed by atoms with E-state index in [-0.39, 0.29) is 11.9 Å². The van der Waals surface area contributed by atoms with E-state index in [0.29, 0.717) is 17.9 Å². The molecule has 0 saturated carbocycles. The zero-order valence-electron chi connectivity index (χ0n) is 10.00. The summed E-state index contributed by atoms with van der Waals surface area (Å²) in [7, 11) is 1.62. The molecule has 4 nitrogen and oxygen atoms in total. The number of nitrogens with two attached hydrogens (primary N) is 1. The van der Waals surface area contributed by atoms with Gasteiger partial charge in [-0.15, -0.1) is 0 Å². The van der Waals surface area contributed by atoms with Crippen LogP contribution < -0.4 is 11.1 Å². The Hall–Kier alpha value is -1.07. The summed E-state index contributed by atoms with van der Waals surface area (Å²) in [6, 6.07) is 5.17. The first kappa shape index (κ1) is 14.0. The summed E-state index contributed by atoms with van der Waals surface area (Å²) >= 11 is 3.31. The van der Waals surface area contributed by atoms with Crippen LogP contribution in [-0.4, -0.2) is 25.7 Å². The van der Waals surface area contributed by atoms with Crippen molar-refractivity contribution in [2.75, 3.05) is 19.5 Å². The lowest BCUT2D eigenvalue weighted by Crippen LogP contribution is -2.37. The maximum absolute atomic E-state index is 12.0. The number of carbonyl (C=O) groups excluding carboxylic acids is 1. The number of methoxy groups -OCH3 is 1. The van der Waals surface area contributed by atoms with Gasteiger partial charge in [-0.25, -0.2) is 0 Å². The number of benzene rings is 1. The molecule has 94 valence electrons. The lowest BCUT2D eigenvalue weighted by atomic mass is 10.1. The highest BCUT2D eigenvalue weighted by Crippen LogP contribution is 2.17. The van der Waals surface area contributed by atoms with E-state index in [2.05, 4.69) is 21.2 Å². The molecular formula is C12H17BrN2O2. The summed E-state index contributed by atoms with van der Waals surface area (Å²) in [5, 5.41) is 2.90. The summed E-state index contributed by atoms with van der Waals surface area (Å²) in [6.07, 6.45) is 0.822. The van der Waals surface area contributed by atoms with Crippen LogP contribution in [0.25, 0.3) is 0 Å². The molecule has 1 aromatic rings. The highest BCUT2D eigenvalue weighted by Gasteiger charge is 2.12. The number of hydrogen-bond donors (Lipinski definition) is 2. The standard InChI is InChI=1S/C12H17BrN2O2/c1-3-11(7-17-2)15-12(16)8-4-9(13)6-10(14)5-8/h4-6,11H,3,7,14H2,1-2H3,(H,15,16). The van der Waals surface area contributed by atoms with Gasteiger partial charge in [0.2, 0.25) is 0 Å². The molecule has 17 heavy (non-hydrogen) atoms. The zero-order chi connectivity index (χ0) is 12.8. The minimum absolute atomic E-state index is 0.0210. The molecule has 3 N–H and O–H groups in total. The van der Waals surface area contributed by atoms with Gasteiger partial charge in [-0.2, -0.15) is 0 Å². The van der Waals surface area contributed by atoms with Gasteiger partial charge in [-0.05, 0) is 24.6 Å². The SMILES string of the molecule is CCC(COC)NC(=O)c1cc(N)cc(Br)c1. The van der Waals surface area contributed by atoms with Crippen LogP contribution in [0.5, 0.6) is 0 Å². The van der Waals surface area contributed by atoms with Crippen LogP contribution in [0.1, 0.15) is 23.7 Å². The number of rotatable bonds is 5. The topological polar surface area (TPSA) is 64.3 Å². The van der Waals surface area contributed by atoms with Gasteiger partial charge in [0.15, 0.2) is 0 Å². The fourth-order valence-corrected chi connectivity index (χ4v) is 1.99. The van der Waals surface area contributed by atoms with Crippen LogP contribution in [0.15, 0.2) is 22.7 Å². The van der Waals surface area contributed by atoms with E-state index >= 15 is 0 Å². The van der Waals surface area contributed by atoms with E-state index in [1.165, 1.54) is 0 Å². The van der Waals surface area contributed by atoms with Gasteiger partial charge in [-0.3, -0.25) is 4.79 Å². The Labute approximate surface area is 110 Å². The Bertz CT molecular complexity index is 376. The summed E-state index contributed by atoms with van der Waals surface area (Å²) in [5.41, 5.74) is 6.79. The molecule has 1 rings (SSSR count). The first-order chi connectivity index (χ1) is 8.06. The van der Waals surface area contributed by atoms with Crippen LogP contribution >= 0.6 is 15.9 Å². The van der Waals surface area contributed by atoms with Crippen molar-refractivity contribution in [1.29, 1.82) is 0 Å². The Morgan fingerprint density at radius 2 is 2.24 bits per heavy atom. The number of nitrogen functional groups attached to an aromatic ring is 1. The van der Waals surface area contributed by atoms with Gasteiger partial charge in [0, 0.05) is 22.8 Å². The quantitative estimate of drug-likeness (QED) is 0.819. The van der Waals surface area contributed by atoms with Crippen molar-refractivity contribution >= 4 is 27.5 Å². The number of hydrogen-bond acceptors (Lipinski definition) is 3. The van der Waals surface area contributed by atoms with Crippen LogP contribution in [0, 0.1) is 0 Å². The second kappa shape index (κ2) is 6.61. The third-order valence-electron chi connectivity index (χ3n) is 2.38. The predicted molar refractivity (Wildman–Crippen MR) is 72.0 cm³/mol. The van der Waals surface area contributed by atoms with Gasteiger partial charge < -0.3 is 15.8 Å². The molecular weight excluding hydrogens is 284 g/mol. The highest BCUT2D eigenvalue weighted by atomic mass is 79.9. The van der Waals surface area contributed by atoms with Crippen molar-refractivity contribution in [3.8, 4) is 0 Å². The second-order valence-electron chi connectivity index (χ2n) is 3.81.